The maximum atomic E-state index is 12.1. The smallest absolute Gasteiger partial charge is 0.362 e. The van der Waals surface area contributed by atoms with E-state index in [1.54, 1.807) is 24.3 Å². The summed E-state index contributed by atoms with van der Waals surface area (Å²) in [6, 6.07) is 11.9. The SMILES string of the molecule is NC(=O)c1c(OC(=O)c2ccncn2)ccc2ccccc12. The summed E-state index contributed by atoms with van der Waals surface area (Å²) >= 11 is 0. The second-order valence-electron chi connectivity index (χ2n) is 4.51. The minimum atomic E-state index is -0.680. The molecule has 22 heavy (non-hydrogen) atoms. The number of esters is 1. The minimum absolute atomic E-state index is 0.0959. The summed E-state index contributed by atoms with van der Waals surface area (Å²) in [5.41, 5.74) is 5.70. The molecule has 0 saturated carbocycles. The van der Waals surface area contributed by atoms with Crippen molar-refractivity contribution in [3.63, 3.8) is 0 Å². The highest BCUT2D eigenvalue weighted by atomic mass is 16.5. The number of aromatic nitrogens is 2. The van der Waals surface area contributed by atoms with Crippen molar-refractivity contribution in [3.05, 3.63) is 66.2 Å². The number of rotatable bonds is 3. The van der Waals surface area contributed by atoms with Crippen LogP contribution in [0.15, 0.2) is 55.0 Å². The maximum Gasteiger partial charge on any atom is 0.362 e. The van der Waals surface area contributed by atoms with Gasteiger partial charge >= 0.3 is 5.97 Å². The molecule has 2 N–H and O–H groups in total. The van der Waals surface area contributed by atoms with Crippen LogP contribution in [0.1, 0.15) is 20.8 Å². The normalized spacial score (nSPS) is 10.4. The molecule has 6 heteroatoms. The largest absolute Gasteiger partial charge is 0.421 e. The van der Waals surface area contributed by atoms with E-state index >= 15 is 0 Å². The maximum absolute atomic E-state index is 12.1. The first-order chi connectivity index (χ1) is 10.7. The van der Waals surface area contributed by atoms with Crippen LogP contribution < -0.4 is 10.5 Å². The third-order valence-electron chi connectivity index (χ3n) is 3.13. The van der Waals surface area contributed by atoms with Crippen molar-refractivity contribution in [2.24, 2.45) is 5.73 Å². The van der Waals surface area contributed by atoms with Crippen LogP contribution in [-0.2, 0) is 0 Å². The van der Waals surface area contributed by atoms with E-state index < -0.39 is 11.9 Å². The van der Waals surface area contributed by atoms with Crippen LogP contribution in [0.5, 0.6) is 5.75 Å². The van der Waals surface area contributed by atoms with Gasteiger partial charge < -0.3 is 10.5 Å². The van der Waals surface area contributed by atoms with Crippen molar-refractivity contribution >= 4 is 22.6 Å². The average Bonchev–Trinajstić information content (AvgIpc) is 2.55. The number of hydrogen-bond donors (Lipinski definition) is 1. The first kappa shape index (κ1) is 13.7. The van der Waals surface area contributed by atoms with Gasteiger partial charge in [0.05, 0.1) is 5.56 Å². The number of hydrogen-bond acceptors (Lipinski definition) is 5. The number of nitrogens with two attached hydrogens (primary N) is 1. The molecular weight excluding hydrogens is 282 g/mol. The first-order valence-corrected chi connectivity index (χ1v) is 6.46. The Labute approximate surface area is 125 Å². The third kappa shape index (κ3) is 2.49. The zero-order valence-corrected chi connectivity index (χ0v) is 11.4. The Morgan fingerprint density at radius 1 is 1.05 bits per heavy atom. The monoisotopic (exact) mass is 293 g/mol. The molecule has 0 atom stereocenters. The second kappa shape index (κ2) is 5.61. The molecule has 1 heterocycles. The van der Waals surface area contributed by atoms with Crippen LogP contribution >= 0.6 is 0 Å². The molecule has 2 aromatic carbocycles. The van der Waals surface area contributed by atoms with Crippen molar-refractivity contribution in [2.75, 3.05) is 0 Å². The van der Waals surface area contributed by atoms with E-state index in [0.717, 1.165) is 5.39 Å². The van der Waals surface area contributed by atoms with Crippen molar-refractivity contribution in [3.8, 4) is 5.75 Å². The molecule has 0 aliphatic rings. The molecule has 0 spiro atoms. The van der Waals surface area contributed by atoms with Gasteiger partial charge in [-0.05, 0) is 22.9 Å². The minimum Gasteiger partial charge on any atom is -0.421 e. The van der Waals surface area contributed by atoms with Gasteiger partial charge in [0.1, 0.15) is 12.1 Å². The summed E-state index contributed by atoms with van der Waals surface area (Å²) in [6.07, 6.45) is 2.67. The molecule has 1 aromatic heterocycles. The van der Waals surface area contributed by atoms with Gasteiger partial charge in [0.15, 0.2) is 5.69 Å². The lowest BCUT2D eigenvalue weighted by molar-refractivity contribution is 0.0726. The van der Waals surface area contributed by atoms with E-state index in [9.17, 15) is 9.59 Å². The van der Waals surface area contributed by atoms with Crippen LogP contribution in [0.25, 0.3) is 10.8 Å². The molecule has 0 bridgehead atoms. The molecule has 1 amide bonds. The highest BCUT2D eigenvalue weighted by Crippen LogP contribution is 2.28. The molecule has 3 rings (SSSR count). The van der Waals surface area contributed by atoms with E-state index in [1.165, 1.54) is 18.6 Å². The molecule has 0 aliphatic carbocycles. The zero-order chi connectivity index (χ0) is 15.5. The number of benzene rings is 2. The van der Waals surface area contributed by atoms with Gasteiger partial charge in [-0.25, -0.2) is 14.8 Å². The van der Waals surface area contributed by atoms with Crippen molar-refractivity contribution in [2.45, 2.75) is 0 Å². The number of nitrogens with zero attached hydrogens (tertiary/aromatic N) is 2. The van der Waals surface area contributed by atoms with Crippen LogP contribution in [0.3, 0.4) is 0 Å². The lowest BCUT2D eigenvalue weighted by Crippen LogP contribution is -2.17. The predicted molar refractivity (Wildman–Crippen MR) is 79.5 cm³/mol. The molecule has 0 unspecified atom stereocenters. The Bertz CT molecular complexity index is 863. The number of fused-ring (bicyclic) bond motifs is 1. The molecule has 6 nitrogen and oxygen atoms in total. The fourth-order valence-electron chi connectivity index (χ4n) is 2.15. The number of carbonyl (C=O) groups excluding carboxylic acids is 2. The van der Waals surface area contributed by atoms with Gasteiger partial charge in [-0.1, -0.05) is 30.3 Å². The van der Waals surface area contributed by atoms with Crippen molar-refractivity contribution in [1.29, 1.82) is 0 Å². The van der Waals surface area contributed by atoms with E-state index in [0.29, 0.717) is 5.39 Å². The number of carbonyl (C=O) groups is 2. The fourth-order valence-corrected chi connectivity index (χ4v) is 2.15. The summed E-state index contributed by atoms with van der Waals surface area (Å²) in [4.78, 5) is 31.4. The predicted octanol–water partition coefficient (Wildman–Crippen LogP) is 1.95. The highest BCUT2D eigenvalue weighted by molar-refractivity contribution is 6.09. The van der Waals surface area contributed by atoms with Gasteiger partial charge in [-0.15, -0.1) is 0 Å². The van der Waals surface area contributed by atoms with E-state index in [-0.39, 0.29) is 17.0 Å². The molecule has 108 valence electrons. The summed E-state index contributed by atoms with van der Waals surface area (Å²) in [7, 11) is 0. The fraction of sp³-hybridized carbons (Fsp3) is 0. The molecule has 0 aliphatic heterocycles. The van der Waals surface area contributed by atoms with Gasteiger partial charge in [0.25, 0.3) is 5.91 Å². The number of primary amides is 1. The zero-order valence-electron chi connectivity index (χ0n) is 11.4. The molecule has 0 fully saturated rings. The summed E-state index contributed by atoms with van der Waals surface area (Å²) in [5, 5.41) is 1.46. The average molecular weight is 293 g/mol. The van der Waals surface area contributed by atoms with Gasteiger partial charge in [-0.2, -0.15) is 0 Å². The topological polar surface area (TPSA) is 95.2 Å². The summed E-state index contributed by atoms with van der Waals surface area (Å²) < 4.78 is 5.27. The van der Waals surface area contributed by atoms with Crippen molar-refractivity contribution in [1.82, 2.24) is 9.97 Å². The Hall–Kier alpha value is -3.28. The van der Waals surface area contributed by atoms with Gasteiger partial charge in [0.2, 0.25) is 0 Å². The molecule has 0 saturated heterocycles. The first-order valence-electron chi connectivity index (χ1n) is 6.46. The lowest BCUT2D eigenvalue weighted by Gasteiger charge is -2.10. The van der Waals surface area contributed by atoms with Crippen molar-refractivity contribution < 1.29 is 14.3 Å². The standard InChI is InChI=1S/C16H11N3O3/c17-15(20)14-11-4-2-1-3-10(11)5-6-13(14)22-16(21)12-7-8-18-9-19-12/h1-9H,(H2,17,20). The molecule has 0 radical (unpaired) electrons. The van der Waals surface area contributed by atoms with Crippen LogP contribution in [0.2, 0.25) is 0 Å². The third-order valence-corrected chi connectivity index (χ3v) is 3.13. The Morgan fingerprint density at radius 3 is 2.59 bits per heavy atom. The lowest BCUT2D eigenvalue weighted by atomic mass is 10.0. The van der Waals surface area contributed by atoms with E-state index in [2.05, 4.69) is 9.97 Å². The van der Waals surface area contributed by atoms with E-state index in [1.807, 2.05) is 12.1 Å². The summed E-state index contributed by atoms with van der Waals surface area (Å²) in [5.74, 6) is -1.24. The van der Waals surface area contributed by atoms with Crippen LogP contribution in [-0.4, -0.2) is 21.8 Å². The Morgan fingerprint density at radius 2 is 1.86 bits per heavy atom. The Kier molecular flexibility index (Phi) is 3.49. The van der Waals surface area contributed by atoms with Crippen LogP contribution in [0, 0.1) is 0 Å². The quantitative estimate of drug-likeness (QED) is 0.588. The molecular formula is C16H11N3O3. The number of amides is 1. The van der Waals surface area contributed by atoms with Gasteiger partial charge in [-0.3, -0.25) is 4.79 Å². The van der Waals surface area contributed by atoms with E-state index in [4.69, 9.17) is 10.5 Å². The Balaban J connectivity index is 2.06. The second-order valence-corrected chi connectivity index (χ2v) is 4.51. The summed E-state index contributed by atoms with van der Waals surface area (Å²) in [6.45, 7) is 0. The van der Waals surface area contributed by atoms with Crippen LogP contribution in [0.4, 0.5) is 0 Å². The number of ether oxygens (including phenoxy) is 1. The highest BCUT2D eigenvalue weighted by Gasteiger charge is 2.18. The van der Waals surface area contributed by atoms with Gasteiger partial charge in [0, 0.05) is 6.20 Å². The molecule has 3 aromatic rings.